The van der Waals surface area contributed by atoms with Gasteiger partial charge < -0.3 is 4.74 Å². The molecule has 0 N–H and O–H groups in total. The molecule has 0 amide bonds. The highest BCUT2D eigenvalue weighted by Crippen LogP contribution is 2.30. The van der Waals surface area contributed by atoms with Crippen molar-refractivity contribution in [2.45, 2.75) is 5.92 Å². The van der Waals surface area contributed by atoms with E-state index in [1.54, 1.807) is 25.7 Å². The van der Waals surface area contributed by atoms with E-state index >= 15 is 0 Å². The van der Waals surface area contributed by atoms with Crippen LogP contribution in [0, 0.1) is 11.3 Å². The molecule has 0 fully saturated rings. The van der Waals surface area contributed by atoms with E-state index in [9.17, 15) is 5.26 Å². The smallest absolute Gasteiger partial charge is 0.133 e. The maximum Gasteiger partial charge on any atom is 0.133 e. The van der Waals surface area contributed by atoms with Gasteiger partial charge in [0.15, 0.2) is 0 Å². The first-order valence-electron chi connectivity index (χ1n) is 5.25. The molecule has 18 heavy (non-hydrogen) atoms. The second kappa shape index (κ2) is 5.61. The quantitative estimate of drug-likeness (QED) is 0.875. The topological polar surface area (TPSA) is 58.8 Å². The summed E-state index contributed by atoms with van der Waals surface area (Å²) in [5.74, 6) is 0.301. The summed E-state index contributed by atoms with van der Waals surface area (Å²) in [4.78, 5) is 8.15. The van der Waals surface area contributed by atoms with E-state index in [4.69, 9.17) is 4.74 Å². The Hall–Kier alpha value is -1.93. The van der Waals surface area contributed by atoms with Crippen molar-refractivity contribution in [2.24, 2.45) is 0 Å². The summed E-state index contributed by atoms with van der Waals surface area (Å²) in [5.41, 5.74) is 1.49. The Morgan fingerprint density at radius 1 is 1.39 bits per heavy atom. The second-order valence-corrected chi connectivity index (χ2v) is 4.44. The summed E-state index contributed by atoms with van der Waals surface area (Å²) in [7, 11) is 1.60. The van der Waals surface area contributed by atoms with E-state index in [0.717, 1.165) is 15.8 Å². The highest BCUT2D eigenvalue weighted by atomic mass is 79.9. The number of hydrogen-bond acceptors (Lipinski definition) is 4. The molecule has 0 saturated carbocycles. The van der Waals surface area contributed by atoms with Crippen LogP contribution in [0.5, 0.6) is 5.75 Å². The summed E-state index contributed by atoms with van der Waals surface area (Å²) in [6.07, 6.45) is 4.77. The van der Waals surface area contributed by atoms with Gasteiger partial charge in [-0.2, -0.15) is 5.26 Å². The van der Waals surface area contributed by atoms with Gasteiger partial charge in [0.1, 0.15) is 11.7 Å². The number of methoxy groups -OCH3 is 1. The number of rotatable bonds is 3. The van der Waals surface area contributed by atoms with E-state index in [1.165, 1.54) is 0 Å². The third-order valence-corrected chi connectivity index (χ3v) is 3.14. The third kappa shape index (κ3) is 2.49. The van der Waals surface area contributed by atoms with Crippen molar-refractivity contribution in [3.05, 3.63) is 52.5 Å². The predicted octanol–water partition coefficient (Wildman–Crippen LogP) is 2.90. The van der Waals surface area contributed by atoms with Crippen LogP contribution >= 0.6 is 15.9 Å². The molecule has 1 heterocycles. The van der Waals surface area contributed by atoms with Crippen LogP contribution in [-0.4, -0.2) is 17.1 Å². The molecule has 0 aliphatic heterocycles. The van der Waals surface area contributed by atoms with Crippen LogP contribution in [0.2, 0.25) is 0 Å². The fourth-order valence-electron chi connectivity index (χ4n) is 1.63. The molecule has 0 aliphatic carbocycles. The fourth-order valence-corrected chi connectivity index (χ4v) is 2.19. The van der Waals surface area contributed by atoms with Crippen LogP contribution < -0.4 is 4.74 Å². The van der Waals surface area contributed by atoms with Gasteiger partial charge in [-0.1, -0.05) is 6.07 Å². The van der Waals surface area contributed by atoms with E-state index in [2.05, 4.69) is 32.0 Å². The summed E-state index contributed by atoms with van der Waals surface area (Å²) >= 11 is 3.41. The van der Waals surface area contributed by atoms with Crippen molar-refractivity contribution >= 4 is 15.9 Å². The van der Waals surface area contributed by atoms with Crippen LogP contribution in [0.15, 0.2) is 41.3 Å². The van der Waals surface area contributed by atoms with Gasteiger partial charge >= 0.3 is 0 Å². The maximum atomic E-state index is 9.29. The number of ether oxygens (including phenoxy) is 1. The molecule has 2 aromatic rings. The first-order valence-corrected chi connectivity index (χ1v) is 6.04. The number of benzene rings is 1. The predicted molar refractivity (Wildman–Crippen MR) is 70.2 cm³/mol. The van der Waals surface area contributed by atoms with Gasteiger partial charge in [-0.25, -0.2) is 0 Å². The Morgan fingerprint density at radius 2 is 2.22 bits per heavy atom. The number of nitriles is 1. The molecule has 0 bridgehead atoms. The molecule has 1 aromatic carbocycles. The standard InChI is InChI=1S/C13H10BrN3O/c1-18-13-3-2-9(6-11(13)14)10(7-15)12-8-16-4-5-17-12/h2-6,8,10H,1H3. The Morgan fingerprint density at radius 3 is 2.78 bits per heavy atom. The first kappa shape index (κ1) is 12.5. The van der Waals surface area contributed by atoms with Gasteiger partial charge in [0.25, 0.3) is 0 Å². The van der Waals surface area contributed by atoms with Crippen LogP contribution in [0.25, 0.3) is 0 Å². The van der Waals surface area contributed by atoms with Gasteiger partial charge in [0.2, 0.25) is 0 Å². The van der Waals surface area contributed by atoms with Crippen molar-refractivity contribution < 1.29 is 4.74 Å². The summed E-state index contributed by atoms with van der Waals surface area (Å²) in [6.45, 7) is 0. The minimum Gasteiger partial charge on any atom is -0.496 e. The van der Waals surface area contributed by atoms with E-state index in [-0.39, 0.29) is 0 Å². The highest BCUT2D eigenvalue weighted by molar-refractivity contribution is 9.10. The molecule has 2 rings (SSSR count). The number of nitrogens with zero attached hydrogens (tertiary/aromatic N) is 3. The van der Waals surface area contributed by atoms with Crippen LogP contribution in [0.3, 0.4) is 0 Å². The van der Waals surface area contributed by atoms with Crippen molar-refractivity contribution in [1.29, 1.82) is 5.26 Å². The lowest BCUT2D eigenvalue weighted by molar-refractivity contribution is 0.412. The van der Waals surface area contributed by atoms with Crippen molar-refractivity contribution in [1.82, 2.24) is 9.97 Å². The molecule has 90 valence electrons. The van der Waals surface area contributed by atoms with Crippen LogP contribution in [0.1, 0.15) is 17.2 Å². The molecule has 5 heteroatoms. The Bertz CT molecular complexity index is 581. The summed E-state index contributed by atoms with van der Waals surface area (Å²) in [5, 5.41) is 9.29. The minimum atomic E-state index is -0.430. The number of hydrogen-bond donors (Lipinski definition) is 0. The van der Waals surface area contributed by atoms with E-state index < -0.39 is 5.92 Å². The maximum absolute atomic E-state index is 9.29. The zero-order valence-electron chi connectivity index (χ0n) is 9.67. The van der Waals surface area contributed by atoms with E-state index in [1.807, 2.05) is 18.2 Å². The van der Waals surface area contributed by atoms with E-state index in [0.29, 0.717) is 5.69 Å². The molecule has 0 spiro atoms. The molecule has 1 atom stereocenters. The van der Waals surface area contributed by atoms with Gasteiger partial charge in [-0.05, 0) is 33.6 Å². The zero-order chi connectivity index (χ0) is 13.0. The molecular formula is C13H10BrN3O. The van der Waals surface area contributed by atoms with Crippen LogP contribution in [0.4, 0.5) is 0 Å². The summed E-state index contributed by atoms with van der Waals surface area (Å²) < 4.78 is 5.97. The van der Waals surface area contributed by atoms with Crippen molar-refractivity contribution in [2.75, 3.05) is 7.11 Å². The minimum absolute atomic E-state index is 0.430. The number of aromatic nitrogens is 2. The molecule has 0 saturated heterocycles. The molecule has 1 unspecified atom stereocenters. The molecular weight excluding hydrogens is 294 g/mol. The molecule has 1 aromatic heterocycles. The highest BCUT2D eigenvalue weighted by Gasteiger charge is 2.16. The normalized spacial score (nSPS) is 11.6. The lowest BCUT2D eigenvalue weighted by atomic mass is 9.97. The third-order valence-electron chi connectivity index (χ3n) is 2.52. The SMILES string of the molecule is COc1ccc(C(C#N)c2cnccn2)cc1Br. The van der Waals surface area contributed by atoms with Crippen LogP contribution in [-0.2, 0) is 0 Å². The average molecular weight is 304 g/mol. The monoisotopic (exact) mass is 303 g/mol. The zero-order valence-corrected chi connectivity index (χ0v) is 11.3. The Kier molecular flexibility index (Phi) is 3.90. The largest absolute Gasteiger partial charge is 0.496 e. The Balaban J connectivity index is 2.41. The van der Waals surface area contributed by atoms with Gasteiger partial charge in [-0.15, -0.1) is 0 Å². The Labute approximate surface area is 113 Å². The van der Waals surface area contributed by atoms with Crippen molar-refractivity contribution in [3.63, 3.8) is 0 Å². The lowest BCUT2D eigenvalue weighted by Gasteiger charge is -2.10. The lowest BCUT2D eigenvalue weighted by Crippen LogP contribution is -2.01. The number of halogens is 1. The van der Waals surface area contributed by atoms with Gasteiger partial charge in [-0.3, -0.25) is 9.97 Å². The summed E-state index contributed by atoms with van der Waals surface area (Å²) in [6, 6.07) is 7.77. The van der Waals surface area contributed by atoms with Gasteiger partial charge in [0.05, 0.1) is 29.5 Å². The molecule has 0 radical (unpaired) electrons. The van der Waals surface area contributed by atoms with Gasteiger partial charge in [0, 0.05) is 12.4 Å². The fraction of sp³-hybridized carbons (Fsp3) is 0.154. The first-order chi connectivity index (χ1) is 8.76. The van der Waals surface area contributed by atoms with Crippen molar-refractivity contribution in [3.8, 4) is 11.8 Å². The molecule has 4 nitrogen and oxygen atoms in total. The molecule has 0 aliphatic rings. The average Bonchev–Trinajstić information content (AvgIpc) is 2.41. The second-order valence-electron chi connectivity index (χ2n) is 3.59.